The molecule has 12 heteroatoms. The van der Waals surface area contributed by atoms with Gasteiger partial charge in [-0.2, -0.15) is 13.2 Å². The topological polar surface area (TPSA) is 103 Å². The van der Waals surface area contributed by atoms with E-state index in [2.05, 4.69) is 5.32 Å². The van der Waals surface area contributed by atoms with Gasteiger partial charge in [-0.25, -0.2) is 18.6 Å². The second-order valence-electron chi connectivity index (χ2n) is 9.60. The fourth-order valence-electron chi connectivity index (χ4n) is 5.43. The van der Waals surface area contributed by atoms with Gasteiger partial charge in [0, 0.05) is 18.5 Å². The van der Waals surface area contributed by atoms with Crippen molar-refractivity contribution in [2.75, 3.05) is 32.8 Å². The van der Waals surface area contributed by atoms with Gasteiger partial charge in [-0.3, -0.25) is 0 Å². The molecule has 174 valence electrons. The van der Waals surface area contributed by atoms with Crippen molar-refractivity contribution in [3.8, 4) is 0 Å². The Labute approximate surface area is 183 Å². The number of nitrogens with zero attached hydrogens (tertiary/aromatic N) is 2. The minimum atomic E-state index is -5.09. The summed E-state index contributed by atoms with van der Waals surface area (Å²) in [5.41, 5.74) is -4.54. The summed E-state index contributed by atoms with van der Waals surface area (Å²) in [7, 11) is -4.82. The van der Waals surface area contributed by atoms with Crippen molar-refractivity contribution in [2.45, 2.75) is 35.2 Å². The Morgan fingerprint density at radius 2 is 1.75 bits per heavy atom. The quantitative estimate of drug-likeness (QED) is 0.706. The van der Waals surface area contributed by atoms with Crippen LogP contribution >= 0.6 is 0 Å². The first-order valence-corrected chi connectivity index (χ1v) is 11.9. The molecule has 3 heterocycles. The number of urea groups is 1. The molecule has 0 bridgehead atoms. The van der Waals surface area contributed by atoms with Crippen molar-refractivity contribution in [2.24, 2.45) is 11.3 Å². The van der Waals surface area contributed by atoms with Crippen molar-refractivity contribution in [1.82, 2.24) is 15.1 Å². The van der Waals surface area contributed by atoms with Gasteiger partial charge in [-0.15, -0.1) is 0 Å². The number of alkyl carbamates (subject to hydrolysis) is 1. The van der Waals surface area contributed by atoms with Gasteiger partial charge >= 0.3 is 17.6 Å². The van der Waals surface area contributed by atoms with Crippen LogP contribution in [0.4, 0.5) is 22.8 Å². The van der Waals surface area contributed by atoms with E-state index in [-0.39, 0.29) is 18.1 Å². The largest absolute Gasteiger partial charge is 0.483 e. The number of likely N-dealkylation sites (tertiary alicyclic amines) is 2. The van der Waals surface area contributed by atoms with Crippen LogP contribution in [0.3, 0.4) is 0 Å². The summed E-state index contributed by atoms with van der Waals surface area (Å²) >= 11 is 0. The smallest absolute Gasteiger partial charge is 0.447 e. The number of hydrogen-bond acceptors (Lipinski definition) is 5. The molecule has 2 N–H and O–H groups in total. The van der Waals surface area contributed by atoms with E-state index in [1.165, 1.54) is 12.1 Å². The van der Waals surface area contributed by atoms with E-state index < -0.39 is 31.8 Å². The molecule has 1 unspecified atom stereocenters. The lowest BCUT2D eigenvalue weighted by Crippen LogP contribution is -2.74. The highest BCUT2D eigenvalue weighted by Gasteiger charge is 2.57. The highest BCUT2D eigenvalue weighted by molar-refractivity contribution is 7.93. The van der Waals surface area contributed by atoms with Gasteiger partial charge in [-0.1, -0.05) is 12.1 Å². The van der Waals surface area contributed by atoms with Gasteiger partial charge in [0.05, 0.1) is 18.0 Å². The molecule has 0 radical (unpaired) electrons. The average molecular weight is 472 g/mol. The van der Waals surface area contributed by atoms with Crippen LogP contribution in [0.1, 0.15) is 18.4 Å². The number of benzene rings is 1. The summed E-state index contributed by atoms with van der Waals surface area (Å²) in [6, 6.07) is 5.27. The zero-order valence-electron chi connectivity index (χ0n) is 17.1. The number of carbonyl (C=O) groups excluding carboxylic acids is 2. The Morgan fingerprint density at radius 1 is 1.16 bits per heavy atom. The van der Waals surface area contributed by atoms with Crippen LogP contribution in [0.5, 0.6) is 0 Å². The Morgan fingerprint density at radius 3 is 2.28 bits per heavy atom. The Bertz CT molecular complexity index is 1050. The van der Waals surface area contributed by atoms with Crippen molar-refractivity contribution in [3.05, 3.63) is 29.8 Å². The summed E-state index contributed by atoms with van der Waals surface area (Å²) in [4.78, 5) is 26.8. The number of rotatable bonds is 3. The Kier molecular flexibility index (Phi) is 4.50. The van der Waals surface area contributed by atoms with Gasteiger partial charge in [0.15, 0.2) is 9.73 Å². The van der Waals surface area contributed by atoms with Crippen LogP contribution in [0.15, 0.2) is 29.2 Å². The third kappa shape index (κ3) is 3.39. The first-order valence-electron chi connectivity index (χ1n) is 10.3. The van der Waals surface area contributed by atoms with E-state index in [1.54, 1.807) is 4.90 Å². The van der Waals surface area contributed by atoms with E-state index in [1.807, 2.05) is 4.90 Å². The monoisotopic (exact) mass is 472 g/mol. The van der Waals surface area contributed by atoms with Gasteiger partial charge in [0.1, 0.15) is 12.1 Å². The minimum Gasteiger partial charge on any atom is -0.447 e. The molecule has 32 heavy (non-hydrogen) atoms. The standard InChI is InChI=1S/C20H23F3N4O4S/c21-20(22,23)32(24,30)15-3-1-13(2-4-15)5-14-6-18(7-14)8-26(9-18)17(29)27-10-19(11-27)12-31-16(28)25-19/h1-4,14,24H,5-12H2,(H,25,28). The van der Waals surface area contributed by atoms with Gasteiger partial charge in [0.2, 0.25) is 0 Å². The van der Waals surface area contributed by atoms with Crippen LogP contribution in [0.25, 0.3) is 0 Å². The summed E-state index contributed by atoms with van der Waals surface area (Å²) in [5, 5.41) is 2.76. The lowest BCUT2D eigenvalue weighted by Gasteiger charge is -2.61. The second kappa shape index (κ2) is 6.75. The van der Waals surface area contributed by atoms with Gasteiger partial charge in [-0.05, 0) is 42.9 Å². The molecule has 3 amide bonds. The number of carbonyl (C=O) groups is 2. The number of ether oxygens (including phenoxy) is 1. The molecule has 5 rings (SSSR count). The number of cyclic esters (lactones) is 1. The van der Waals surface area contributed by atoms with Crippen LogP contribution in [-0.4, -0.2) is 70.0 Å². The maximum absolute atomic E-state index is 12.8. The molecule has 4 aliphatic rings. The molecule has 8 nitrogen and oxygen atoms in total. The third-order valence-electron chi connectivity index (χ3n) is 6.98. The second-order valence-corrected chi connectivity index (χ2v) is 11.6. The molecular formula is C20H23F3N4O4S. The van der Waals surface area contributed by atoms with Crippen molar-refractivity contribution in [1.29, 1.82) is 4.78 Å². The van der Waals surface area contributed by atoms with Crippen LogP contribution in [0, 0.1) is 16.1 Å². The molecule has 1 aromatic carbocycles. The van der Waals surface area contributed by atoms with E-state index in [0.29, 0.717) is 38.5 Å². The third-order valence-corrected chi connectivity index (χ3v) is 8.56. The lowest BCUT2D eigenvalue weighted by atomic mass is 9.56. The maximum Gasteiger partial charge on any atom is 0.483 e. The van der Waals surface area contributed by atoms with Gasteiger partial charge in [0.25, 0.3) is 0 Å². The number of nitrogens with one attached hydrogen (secondary N) is 2. The van der Waals surface area contributed by atoms with E-state index in [4.69, 9.17) is 9.52 Å². The SMILES string of the molecule is N=S(=O)(c1ccc(CC2CC3(C2)CN(C(=O)N2CC4(COC(=O)N4)C2)C3)cc1)C(F)(F)F. The first kappa shape index (κ1) is 21.4. The molecule has 1 aliphatic carbocycles. The van der Waals surface area contributed by atoms with Crippen molar-refractivity contribution >= 4 is 21.9 Å². The zero-order valence-corrected chi connectivity index (χ0v) is 17.9. The molecule has 2 spiro atoms. The van der Waals surface area contributed by atoms with Crippen molar-refractivity contribution < 1.29 is 31.7 Å². The van der Waals surface area contributed by atoms with Gasteiger partial charge < -0.3 is 19.9 Å². The number of hydrogen-bond donors (Lipinski definition) is 2. The summed E-state index contributed by atoms with van der Waals surface area (Å²) < 4.78 is 62.1. The van der Waals surface area contributed by atoms with Crippen LogP contribution in [-0.2, 0) is 20.9 Å². The minimum absolute atomic E-state index is 0.0231. The van der Waals surface area contributed by atoms with Crippen LogP contribution in [0.2, 0.25) is 0 Å². The Balaban J connectivity index is 1.08. The van der Waals surface area contributed by atoms with Crippen LogP contribution < -0.4 is 5.32 Å². The molecule has 1 saturated carbocycles. The molecule has 3 aliphatic heterocycles. The number of alkyl halides is 3. The predicted molar refractivity (Wildman–Crippen MR) is 106 cm³/mol. The number of halogens is 3. The Hall–Kier alpha value is -2.50. The van der Waals surface area contributed by atoms with E-state index in [0.717, 1.165) is 30.5 Å². The molecule has 1 atom stereocenters. The highest BCUT2D eigenvalue weighted by Crippen LogP contribution is 2.53. The zero-order chi connectivity index (χ0) is 22.9. The number of amides is 3. The fourth-order valence-corrected chi connectivity index (χ4v) is 6.22. The molecule has 4 fully saturated rings. The molecular weight excluding hydrogens is 449 g/mol. The summed E-state index contributed by atoms with van der Waals surface area (Å²) in [6.45, 7) is 2.59. The average Bonchev–Trinajstić information content (AvgIpc) is 3.02. The molecule has 1 aromatic rings. The lowest BCUT2D eigenvalue weighted by molar-refractivity contribution is -0.0827. The highest BCUT2D eigenvalue weighted by atomic mass is 32.2. The predicted octanol–water partition coefficient (Wildman–Crippen LogP) is 2.78. The fraction of sp³-hybridized carbons (Fsp3) is 0.600. The van der Waals surface area contributed by atoms with E-state index in [9.17, 15) is 27.0 Å². The summed E-state index contributed by atoms with van der Waals surface area (Å²) in [5.74, 6) is 0.388. The first-order chi connectivity index (χ1) is 14.9. The molecule has 3 saturated heterocycles. The normalized spacial score (nSPS) is 25.4. The molecule has 0 aromatic heterocycles. The summed E-state index contributed by atoms with van der Waals surface area (Å²) in [6.07, 6.45) is 2.16. The maximum atomic E-state index is 12.8. The van der Waals surface area contributed by atoms with Crippen molar-refractivity contribution in [3.63, 3.8) is 0 Å². The van der Waals surface area contributed by atoms with E-state index >= 15 is 0 Å².